The fraction of sp³-hybridized carbons (Fsp3) is 0.0909. The third kappa shape index (κ3) is 5.19. The van der Waals surface area contributed by atoms with Crippen LogP contribution in [0.5, 0.6) is 11.5 Å². The van der Waals surface area contributed by atoms with Crippen molar-refractivity contribution in [2.24, 2.45) is 5.10 Å². The Morgan fingerprint density at radius 2 is 1.78 bits per heavy atom. The van der Waals surface area contributed by atoms with E-state index in [-0.39, 0.29) is 5.91 Å². The van der Waals surface area contributed by atoms with Gasteiger partial charge in [-0.25, -0.2) is 5.43 Å². The molecule has 3 aromatic rings. The molecule has 5 heteroatoms. The molecular weight excluding hydrogens is 340 g/mol. The molecule has 0 saturated carbocycles. The lowest BCUT2D eigenvalue weighted by Gasteiger charge is -2.09. The van der Waals surface area contributed by atoms with Crippen LogP contribution in [0.2, 0.25) is 0 Å². The first-order chi connectivity index (χ1) is 13.3. The SMILES string of the molecule is COc1cccc(C(=O)N/N=C/c2ccccc2OCc2ccccc2)c1. The summed E-state index contributed by atoms with van der Waals surface area (Å²) in [6.07, 6.45) is 1.57. The molecule has 0 spiro atoms. The number of methoxy groups -OCH3 is 1. The fourth-order valence-electron chi connectivity index (χ4n) is 2.44. The Hall–Kier alpha value is -3.60. The van der Waals surface area contributed by atoms with Crippen molar-refractivity contribution in [3.8, 4) is 11.5 Å². The highest BCUT2D eigenvalue weighted by atomic mass is 16.5. The highest BCUT2D eigenvalue weighted by molar-refractivity contribution is 5.95. The van der Waals surface area contributed by atoms with Gasteiger partial charge in [-0.15, -0.1) is 0 Å². The maximum atomic E-state index is 12.2. The number of para-hydroxylation sites is 1. The average Bonchev–Trinajstić information content (AvgIpc) is 2.73. The minimum absolute atomic E-state index is 0.312. The molecule has 0 bridgehead atoms. The first kappa shape index (κ1) is 18.2. The van der Waals surface area contributed by atoms with Gasteiger partial charge < -0.3 is 9.47 Å². The zero-order valence-corrected chi connectivity index (χ0v) is 15.0. The lowest BCUT2D eigenvalue weighted by molar-refractivity contribution is 0.0954. The fourth-order valence-corrected chi connectivity index (χ4v) is 2.44. The van der Waals surface area contributed by atoms with Gasteiger partial charge in [-0.1, -0.05) is 48.5 Å². The molecule has 0 atom stereocenters. The Balaban J connectivity index is 1.64. The number of amides is 1. The Kier molecular flexibility index (Phi) is 6.20. The highest BCUT2D eigenvalue weighted by Crippen LogP contribution is 2.17. The minimum atomic E-state index is -0.312. The normalized spacial score (nSPS) is 10.6. The Morgan fingerprint density at radius 1 is 1.00 bits per heavy atom. The Bertz CT molecular complexity index is 924. The summed E-state index contributed by atoms with van der Waals surface area (Å²) < 4.78 is 11.0. The van der Waals surface area contributed by atoms with Gasteiger partial charge in [0.25, 0.3) is 5.91 Å². The number of rotatable bonds is 7. The van der Waals surface area contributed by atoms with Crippen LogP contribution in [-0.4, -0.2) is 19.2 Å². The molecule has 136 valence electrons. The molecule has 1 N–H and O–H groups in total. The van der Waals surface area contributed by atoms with E-state index in [1.54, 1.807) is 37.6 Å². The van der Waals surface area contributed by atoms with E-state index in [1.165, 1.54) is 0 Å². The van der Waals surface area contributed by atoms with E-state index in [9.17, 15) is 4.79 Å². The summed E-state index contributed by atoms with van der Waals surface area (Å²) in [4.78, 5) is 12.2. The average molecular weight is 360 g/mol. The number of hydrogen-bond acceptors (Lipinski definition) is 4. The molecule has 27 heavy (non-hydrogen) atoms. The summed E-state index contributed by atoms with van der Waals surface area (Å²) in [7, 11) is 1.56. The first-order valence-corrected chi connectivity index (χ1v) is 8.49. The predicted molar refractivity (Wildman–Crippen MR) is 105 cm³/mol. The van der Waals surface area contributed by atoms with E-state index in [0.717, 1.165) is 11.1 Å². The highest BCUT2D eigenvalue weighted by Gasteiger charge is 2.06. The number of nitrogens with one attached hydrogen (secondary N) is 1. The van der Waals surface area contributed by atoms with Crippen LogP contribution in [0.3, 0.4) is 0 Å². The molecule has 5 nitrogen and oxygen atoms in total. The van der Waals surface area contributed by atoms with Crippen LogP contribution < -0.4 is 14.9 Å². The van der Waals surface area contributed by atoms with E-state index in [4.69, 9.17) is 9.47 Å². The summed E-state index contributed by atoms with van der Waals surface area (Å²) in [6, 6.07) is 24.3. The van der Waals surface area contributed by atoms with Gasteiger partial charge in [-0.3, -0.25) is 4.79 Å². The van der Waals surface area contributed by atoms with Gasteiger partial charge in [0.15, 0.2) is 0 Å². The van der Waals surface area contributed by atoms with E-state index >= 15 is 0 Å². The second kappa shape index (κ2) is 9.20. The predicted octanol–water partition coefficient (Wildman–Crippen LogP) is 4.04. The number of ether oxygens (including phenoxy) is 2. The molecular formula is C22H20N2O3. The summed E-state index contributed by atoms with van der Waals surface area (Å²) >= 11 is 0. The smallest absolute Gasteiger partial charge is 0.271 e. The molecule has 1 amide bonds. The van der Waals surface area contributed by atoms with Gasteiger partial charge in [0.1, 0.15) is 18.1 Å². The van der Waals surface area contributed by atoms with Crippen LogP contribution in [0, 0.1) is 0 Å². The van der Waals surface area contributed by atoms with E-state index in [2.05, 4.69) is 10.5 Å². The van der Waals surface area contributed by atoms with Crippen molar-refractivity contribution in [1.82, 2.24) is 5.43 Å². The molecule has 0 saturated heterocycles. The maximum absolute atomic E-state index is 12.2. The summed E-state index contributed by atoms with van der Waals surface area (Å²) in [6.45, 7) is 0.460. The number of benzene rings is 3. The molecule has 0 aliphatic rings. The maximum Gasteiger partial charge on any atom is 0.271 e. The van der Waals surface area contributed by atoms with Crippen molar-refractivity contribution in [3.05, 3.63) is 95.6 Å². The molecule has 0 radical (unpaired) electrons. The number of hydrogen-bond donors (Lipinski definition) is 1. The molecule has 3 aromatic carbocycles. The lowest BCUT2D eigenvalue weighted by Crippen LogP contribution is -2.17. The second-order valence-electron chi connectivity index (χ2n) is 5.74. The Morgan fingerprint density at radius 3 is 2.59 bits per heavy atom. The standard InChI is InChI=1S/C22H20N2O3/c1-26-20-12-7-11-18(14-20)22(25)24-23-15-19-10-5-6-13-21(19)27-16-17-8-3-2-4-9-17/h2-15H,16H2,1H3,(H,24,25)/b23-15+. The largest absolute Gasteiger partial charge is 0.497 e. The van der Waals surface area contributed by atoms with Crippen LogP contribution in [0.25, 0.3) is 0 Å². The van der Waals surface area contributed by atoms with Crippen molar-refractivity contribution in [2.75, 3.05) is 7.11 Å². The lowest BCUT2D eigenvalue weighted by atomic mass is 10.2. The zero-order valence-electron chi connectivity index (χ0n) is 15.0. The van der Waals surface area contributed by atoms with Crippen molar-refractivity contribution < 1.29 is 14.3 Å². The van der Waals surface area contributed by atoms with Crippen LogP contribution >= 0.6 is 0 Å². The molecule has 0 heterocycles. The van der Waals surface area contributed by atoms with Gasteiger partial charge in [0.05, 0.1) is 13.3 Å². The molecule has 0 aromatic heterocycles. The molecule has 3 rings (SSSR count). The zero-order chi connectivity index (χ0) is 18.9. The minimum Gasteiger partial charge on any atom is -0.497 e. The van der Waals surface area contributed by atoms with Gasteiger partial charge in [0, 0.05) is 11.1 Å². The van der Waals surface area contributed by atoms with Gasteiger partial charge in [0.2, 0.25) is 0 Å². The summed E-state index contributed by atoms with van der Waals surface area (Å²) in [5.41, 5.74) is 4.85. The van der Waals surface area contributed by atoms with Gasteiger partial charge >= 0.3 is 0 Å². The van der Waals surface area contributed by atoms with Crippen molar-refractivity contribution in [3.63, 3.8) is 0 Å². The third-order valence-corrected chi connectivity index (χ3v) is 3.86. The quantitative estimate of drug-likeness (QED) is 0.511. The molecule has 0 aliphatic carbocycles. The summed E-state index contributed by atoms with van der Waals surface area (Å²) in [5, 5.41) is 4.04. The molecule has 0 unspecified atom stereocenters. The second-order valence-corrected chi connectivity index (χ2v) is 5.74. The van der Waals surface area contributed by atoms with Gasteiger partial charge in [-0.2, -0.15) is 5.10 Å². The van der Waals surface area contributed by atoms with Crippen LogP contribution in [0.4, 0.5) is 0 Å². The third-order valence-electron chi connectivity index (χ3n) is 3.86. The summed E-state index contributed by atoms with van der Waals surface area (Å²) in [5.74, 6) is 1.000. The van der Waals surface area contributed by atoms with Crippen LogP contribution in [0.1, 0.15) is 21.5 Å². The van der Waals surface area contributed by atoms with Crippen molar-refractivity contribution in [2.45, 2.75) is 6.61 Å². The van der Waals surface area contributed by atoms with E-state index in [0.29, 0.717) is 23.7 Å². The van der Waals surface area contributed by atoms with Crippen molar-refractivity contribution in [1.29, 1.82) is 0 Å². The first-order valence-electron chi connectivity index (χ1n) is 8.49. The number of carbonyl (C=O) groups is 1. The van der Waals surface area contributed by atoms with Crippen LogP contribution in [0.15, 0.2) is 84.0 Å². The number of nitrogens with zero attached hydrogens (tertiary/aromatic N) is 1. The van der Waals surface area contributed by atoms with Crippen molar-refractivity contribution >= 4 is 12.1 Å². The number of hydrazone groups is 1. The van der Waals surface area contributed by atoms with E-state index in [1.807, 2.05) is 54.6 Å². The Labute approximate surface area is 158 Å². The topological polar surface area (TPSA) is 59.9 Å². The monoisotopic (exact) mass is 360 g/mol. The van der Waals surface area contributed by atoms with Crippen LogP contribution in [-0.2, 0) is 6.61 Å². The van der Waals surface area contributed by atoms with E-state index < -0.39 is 0 Å². The molecule has 0 fully saturated rings. The van der Waals surface area contributed by atoms with Gasteiger partial charge in [-0.05, 0) is 35.9 Å². The number of carbonyl (C=O) groups excluding carboxylic acids is 1. The molecule has 0 aliphatic heterocycles.